The fourth-order valence-electron chi connectivity index (χ4n) is 3.10. The van der Waals surface area contributed by atoms with Gasteiger partial charge >= 0.3 is 0 Å². The molecule has 0 unspecified atom stereocenters. The monoisotopic (exact) mass is 374 g/mol. The minimum Gasteiger partial charge on any atom is -0.351 e. The maximum Gasteiger partial charge on any atom is 0.241 e. The molecule has 1 aliphatic rings. The van der Waals surface area contributed by atoms with Crippen molar-refractivity contribution < 1.29 is 13.7 Å². The summed E-state index contributed by atoms with van der Waals surface area (Å²) in [7, 11) is 0. The first-order valence-electron chi connectivity index (χ1n) is 9.49. The molecule has 6 nitrogen and oxygen atoms in total. The van der Waals surface area contributed by atoms with E-state index in [-0.39, 0.29) is 23.2 Å². The van der Waals surface area contributed by atoms with Gasteiger partial charge < -0.3 is 9.84 Å². The SMILES string of the molecule is CCC(C)(C)NC(=O)C1CCN(Cc2nc(-c3ccc(F)cc3)no2)CC1. The van der Waals surface area contributed by atoms with E-state index in [9.17, 15) is 9.18 Å². The minimum absolute atomic E-state index is 0.0598. The fraction of sp³-hybridized carbons (Fsp3) is 0.550. The van der Waals surface area contributed by atoms with E-state index in [0.717, 1.165) is 37.9 Å². The van der Waals surface area contributed by atoms with Crippen LogP contribution < -0.4 is 5.32 Å². The molecule has 2 heterocycles. The molecule has 3 rings (SSSR count). The van der Waals surface area contributed by atoms with Gasteiger partial charge in [0.2, 0.25) is 17.6 Å². The second-order valence-corrected chi connectivity index (χ2v) is 7.80. The number of hydrogen-bond acceptors (Lipinski definition) is 5. The van der Waals surface area contributed by atoms with E-state index in [4.69, 9.17) is 4.52 Å². The molecule has 0 saturated carbocycles. The van der Waals surface area contributed by atoms with E-state index in [0.29, 0.717) is 18.3 Å². The zero-order chi connectivity index (χ0) is 19.4. The molecule has 27 heavy (non-hydrogen) atoms. The number of halogens is 1. The van der Waals surface area contributed by atoms with Gasteiger partial charge in [-0.3, -0.25) is 9.69 Å². The lowest BCUT2D eigenvalue weighted by Crippen LogP contribution is -2.48. The van der Waals surface area contributed by atoms with Gasteiger partial charge in [0.1, 0.15) is 5.82 Å². The Balaban J connectivity index is 1.51. The summed E-state index contributed by atoms with van der Waals surface area (Å²) in [6.45, 7) is 8.37. The van der Waals surface area contributed by atoms with Gasteiger partial charge in [-0.25, -0.2) is 4.39 Å². The number of nitrogens with zero attached hydrogens (tertiary/aromatic N) is 3. The summed E-state index contributed by atoms with van der Waals surface area (Å²) in [4.78, 5) is 19.0. The Morgan fingerprint density at radius 1 is 1.30 bits per heavy atom. The molecule has 7 heteroatoms. The van der Waals surface area contributed by atoms with Crippen LogP contribution in [0.15, 0.2) is 28.8 Å². The lowest BCUT2D eigenvalue weighted by molar-refractivity contribution is -0.128. The first-order valence-corrected chi connectivity index (χ1v) is 9.49. The minimum atomic E-state index is -0.295. The molecule has 2 aromatic rings. The second-order valence-electron chi connectivity index (χ2n) is 7.80. The van der Waals surface area contributed by atoms with Gasteiger partial charge in [0, 0.05) is 17.0 Å². The summed E-state index contributed by atoms with van der Waals surface area (Å²) in [6, 6.07) is 6.01. The van der Waals surface area contributed by atoms with Crippen molar-refractivity contribution in [1.29, 1.82) is 0 Å². The van der Waals surface area contributed by atoms with E-state index in [2.05, 4.69) is 27.3 Å². The Morgan fingerprint density at radius 2 is 1.96 bits per heavy atom. The summed E-state index contributed by atoms with van der Waals surface area (Å²) in [6.07, 6.45) is 2.56. The summed E-state index contributed by atoms with van der Waals surface area (Å²) < 4.78 is 18.3. The average molecular weight is 374 g/mol. The zero-order valence-corrected chi connectivity index (χ0v) is 16.2. The normalized spacial score (nSPS) is 16.4. The molecule has 0 atom stereocenters. The van der Waals surface area contributed by atoms with Crippen molar-refractivity contribution in [1.82, 2.24) is 20.4 Å². The largest absolute Gasteiger partial charge is 0.351 e. The number of likely N-dealkylation sites (tertiary alicyclic amines) is 1. The van der Waals surface area contributed by atoms with Gasteiger partial charge in [-0.15, -0.1) is 0 Å². The number of rotatable bonds is 6. The number of carbonyl (C=O) groups is 1. The van der Waals surface area contributed by atoms with Gasteiger partial charge in [-0.1, -0.05) is 12.1 Å². The molecule has 0 radical (unpaired) electrons. The third kappa shape index (κ3) is 5.13. The molecule has 0 aliphatic carbocycles. The van der Waals surface area contributed by atoms with Crippen molar-refractivity contribution in [3.8, 4) is 11.4 Å². The van der Waals surface area contributed by atoms with Crippen molar-refractivity contribution in [2.24, 2.45) is 5.92 Å². The van der Waals surface area contributed by atoms with E-state index in [1.807, 2.05) is 13.8 Å². The van der Waals surface area contributed by atoms with Gasteiger partial charge in [0.25, 0.3) is 0 Å². The van der Waals surface area contributed by atoms with Crippen LogP contribution in [0.3, 0.4) is 0 Å². The maximum atomic E-state index is 13.0. The molecule has 1 amide bonds. The number of nitrogens with one attached hydrogen (secondary N) is 1. The summed E-state index contributed by atoms with van der Waals surface area (Å²) in [5, 5.41) is 7.12. The van der Waals surface area contributed by atoms with Crippen LogP contribution in [0.25, 0.3) is 11.4 Å². The van der Waals surface area contributed by atoms with Gasteiger partial charge in [-0.2, -0.15) is 4.98 Å². The Morgan fingerprint density at radius 3 is 2.59 bits per heavy atom. The van der Waals surface area contributed by atoms with Crippen molar-refractivity contribution in [2.45, 2.75) is 52.1 Å². The maximum absolute atomic E-state index is 13.0. The van der Waals surface area contributed by atoms with Crippen LogP contribution in [0.1, 0.15) is 45.9 Å². The Labute approximate surface area is 159 Å². The number of aromatic nitrogens is 2. The summed E-state index contributed by atoms with van der Waals surface area (Å²) in [5.74, 6) is 0.907. The number of amides is 1. The van der Waals surface area contributed by atoms with Crippen molar-refractivity contribution >= 4 is 5.91 Å². The van der Waals surface area contributed by atoms with E-state index in [1.54, 1.807) is 12.1 Å². The van der Waals surface area contributed by atoms with E-state index >= 15 is 0 Å². The van der Waals surface area contributed by atoms with Crippen molar-refractivity contribution in [3.63, 3.8) is 0 Å². The molecule has 146 valence electrons. The molecule has 1 aliphatic heterocycles. The van der Waals surface area contributed by atoms with Crippen molar-refractivity contribution in [3.05, 3.63) is 36.0 Å². The van der Waals surface area contributed by atoms with Crippen molar-refractivity contribution in [2.75, 3.05) is 13.1 Å². The smallest absolute Gasteiger partial charge is 0.241 e. The molecule has 1 aromatic heterocycles. The predicted molar refractivity (Wildman–Crippen MR) is 100 cm³/mol. The standard InChI is InChI=1S/C20H27FN4O2/c1-4-20(2,3)23-19(26)15-9-11-25(12-10-15)13-17-22-18(24-27-17)14-5-7-16(21)8-6-14/h5-8,15H,4,9-13H2,1-3H3,(H,23,26). The fourth-order valence-corrected chi connectivity index (χ4v) is 3.10. The molecule has 1 fully saturated rings. The number of piperidine rings is 1. The topological polar surface area (TPSA) is 71.3 Å². The molecule has 1 aromatic carbocycles. The van der Waals surface area contributed by atoms with E-state index in [1.165, 1.54) is 12.1 Å². The third-order valence-electron chi connectivity index (χ3n) is 5.23. The molecular weight excluding hydrogens is 347 g/mol. The van der Waals surface area contributed by atoms with E-state index < -0.39 is 0 Å². The van der Waals surface area contributed by atoms with Crippen LogP contribution in [0.5, 0.6) is 0 Å². The number of hydrogen-bond donors (Lipinski definition) is 1. The van der Waals surface area contributed by atoms with Crippen LogP contribution in [0.4, 0.5) is 4.39 Å². The van der Waals surface area contributed by atoms with Crippen LogP contribution >= 0.6 is 0 Å². The first-order chi connectivity index (χ1) is 12.9. The lowest BCUT2D eigenvalue weighted by atomic mass is 9.93. The summed E-state index contributed by atoms with van der Waals surface area (Å²) >= 11 is 0. The Hall–Kier alpha value is -2.28. The first kappa shape index (κ1) is 19.5. The molecular formula is C20H27FN4O2. The van der Waals surface area contributed by atoms with Gasteiger partial charge in [0.15, 0.2) is 0 Å². The summed E-state index contributed by atoms with van der Waals surface area (Å²) in [5.41, 5.74) is 0.565. The van der Waals surface area contributed by atoms with Crippen LogP contribution in [-0.4, -0.2) is 39.6 Å². The highest BCUT2D eigenvalue weighted by atomic mass is 19.1. The number of carbonyl (C=O) groups excluding carboxylic acids is 1. The molecule has 1 N–H and O–H groups in total. The molecule has 1 saturated heterocycles. The predicted octanol–water partition coefficient (Wildman–Crippen LogP) is 3.39. The third-order valence-corrected chi connectivity index (χ3v) is 5.23. The Bertz CT molecular complexity index is 765. The highest BCUT2D eigenvalue weighted by molar-refractivity contribution is 5.79. The molecule has 0 bridgehead atoms. The lowest BCUT2D eigenvalue weighted by Gasteiger charge is -2.33. The van der Waals surface area contributed by atoms with Gasteiger partial charge in [-0.05, 0) is 70.5 Å². The zero-order valence-electron chi connectivity index (χ0n) is 16.2. The van der Waals surface area contributed by atoms with Crippen LogP contribution in [-0.2, 0) is 11.3 Å². The average Bonchev–Trinajstić information content (AvgIpc) is 3.11. The quantitative estimate of drug-likeness (QED) is 0.839. The van der Waals surface area contributed by atoms with Gasteiger partial charge in [0.05, 0.1) is 6.54 Å². The molecule has 0 spiro atoms. The number of benzene rings is 1. The Kier molecular flexibility index (Phi) is 5.89. The highest BCUT2D eigenvalue weighted by Crippen LogP contribution is 2.22. The van der Waals surface area contributed by atoms with Crippen LogP contribution in [0.2, 0.25) is 0 Å². The second kappa shape index (κ2) is 8.17. The van der Waals surface area contributed by atoms with Crippen LogP contribution in [0, 0.1) is 11.7 Å². The highest BCUT2D eigenvalue weighted by Gasteiger charge is 2.28.